The van der Waals surface area contributed by atoms with Crippen LogP contribution in [0.15, 0.2) is 16.8 Å². The van der Waals surface area contributed by atoms with Crippen LogP contribution in [-0.2, 0) is 6.42 Å². The highest BCUT2D eigenvalue weighted by molar-refractivity contribution is 7.07. The molecule has 2 heteroatoms. The van der Waals surface area contributed by atoms with Crippen LogP contribution in [0.3, 0.4) is 0 Å². The molecule has 1 N–H and O–H groups in total. The molecule has 0 aromatic carbocycles. The van der Waals surface area contributed by atoms with Gasteiger partial charge in [-0.25, -0.2) is 0 Å². The maximum absolute atomic E-state index is 3.71. The van der Waals surface area contributed by atoms with Crippen molar-refractivity contribution in [2.24, 2.45) is 5.92 Å². The quantitative estimate of drug-likeness (QED) is 0.824. The van der Waals surface area contributed by atoms with Gasteiger partial charge in [0.05, 0.1) is 0 Å². The maximum Gasteiger partial charge on any atom is 0.00928 e. The third kappa shape index (κ3) is 3.32. The van der Waals surface area contributed by atoms with Crippen molar-refractivity contribution in [3.63, 3.8) is 0 Å². The second-order valence-electron chi connectivity index (χ2n) is 4.70. The molecule has 2 atom stereocenters. The lowest BCUT2D eigenvalue weighted by molar-refractivity contribution is 0.282. The van der Waals surface area contributed by atoms with Crippen LogP contribution in [0.1, 0.15) is 38.2 Å². The van der Waals surface area contributed by atoms with Crippen molar-refractivity contribution in [2.75, 3.05) is 6.54 Å². The van der Waals surface area contributed by atoms with Crippen LogP contribution in [0.5, 0.6) is 0 Å². The molecule has 2 rings (SSSR count). The van der Waals surface area contributed by atoms with Crippen molar-refractivity contribution in [3.8, 4) is 0 Å². The lowest BCUT2D eigenvalue weighted by Gasteiger charge is -2.29. The normalized spacial score (nSPS) is 26.7. The molecule has 1 fully saturated rings. The summed E-state index contributed by atoms with van der Waals surface area (Å²) in [5, 5.41) is 8.14. The maximum atomic E-state index is 3.71. The number of thiophene rings is 1. The molecule has 1 aliphatic carbocycles. The van der Waals surface area contributed by atoms with E-state index >= 15 is 0 Å². The van der Waals surface area contributed by atoms with E-state index in [1.165, 1.54) is 37.7 Å². The second kappa shape index (κ2) is 5.66. The lowest BCUT2D eigenvalue weighted by Crippen LogP contribution is -2.38. The molecule has 0 radical (unpaired) electrons. The van der Waals surface area contributed by atoms with Crippen LogP contribution in [0, 0.1) is 5.92 Å². The van der Waals surface area contributed by atoms with Crippen LogP contribution in [0.2, 0.25) is 0 Å². The first-order valence-corrected chi connectivity index (χ1v) is 7.05. The fraction of sp³-hybridized carbons (Fsp3) is 0.692. The molecule has 0 spiro atoms. The third-order valence-corrected chi connectivity index (χ3v) is 4.24. The molecule has 1 aromatic heterocycles. The molecule has 1 heterocycles. The molecular weight excluding hydrogens is 202 g/mol. The highest BCUT2D eigenvalue weighted by Crippen LogP contribution is 2.23. The van der Waals surface area contributed by atoms with Crippen LogP contribution in [0.25, 0.3) is 0 Å². The van der Waals surface area contributed by atoms with Gasteiger partial charge in [0.1, 0.15) is 0 Å². The molecule has 1 nitrogen and oxygen atoms in total. The minimum atomic E-state index is 0.775. The van der Waals surface area contributed by atoms with Gasteiger partial charge >= 0.3 is 0 Å². The Morgan fingerprint density at radius 3 is 3.00 bits per heavy atom. The Hall–Kier alpha value is -0.340. The van der Waals surface area contributed by atoms with E-state index in [0.29, 0.717) is 0 Å². The summed E-state index contributed by atoms with van der Waals surface area (Å²) in [7, 11) is 0. The topological polar surface area (TPSA) is 12.0 Å². The molecule has 0 aliphatic heterocycles. The van der Waals surface area contributed by atoms with Crippen molar-refractivity contribution < 1.29 is 0 Å². The lowest BCUT2D eigenvalue weighted by atomic mass is 9.86. The van der Waals surface area contributed by atoms with Crippen molar-refractivity contribution in [2.45, 2.75) is 45.1 Å². The Morgan fingerprint density at radius 1 is 1.40 bits per heavy atom. The highest BCUT2D eigenvalue weighted by atomic mass is 32.1. The van der Waals surface area contributed by atoms with Gasteiger partial charge in [-0.3, -0.25) is 0 Å². The molecule has 84 valence electrons. The van der Waals surface area contributed by atoms with Gasteiger partial charge in [0.2, 0.25) is 0 Å². The zero-order valence-electron chi connectivity index (χ0n) is 9.54. The fourth-order valence-electron chi connectivity index (χ4n) is 2.46. The van der Waals surface area contributed by atoms with Gasteiger partial charge in [-0.1, -0.05) is 19.8 Å². The monoisotopic (exact) mass is 223 g/mol. The molecule has 1 saturated carbocycles. The predicted molar refractivity (Wildman–Crippen MR) is 67.4 cm³/mol. The Kier molecular flexibility index (Phi) is 4.21. The standard InChI is InChI=1S/C13H21NS/c1-11-4-2-3-5-13(11)14-8-6-12-7-9-15-10-12/h7,9-11,13-14H,2-6,8H2,1H3. The van der Waals surface area contributed by atoms with Gasteiger partial charge in [0.15, 0.2) is 0 Å². The molecular formula is C13H21NS. The summed E-state index contributed by atoms with van der Waals surface area (Å²) in [5.74, 6) is 0.876. The smallest absolute Gasteiger partial charge is 0.00928 e. The van der Waals surface area contributed by atoms with Crippen LogP contribution >= 0.6 is 11.3 Å². The first kappa shape index (κ1) is 11.2. The summed E-state index contributed by atoms with van der Waals surface area (Å²) in [4.78, 5) is 0. The first-order valence-electron chi connectivity index (χ1n) is 6.11. The number of hydrogen-bond acceptors (Lipinski definition) is 2. The average Bonchev–Trinajstić information content (AvgIpc) is 2.74. The third-order valence-electron chi connectivity index (χ3n) is 3.51. The van der Waals surface area contributed by atoms with Gasteiger partial charge in [-0.2, -0.15) is 11.3 Å². The summed E-state index contributed by atoms with van der Waals surface area (Å²) in [6.07, 6.45) is 6.83. The molecule has 15 heavy (non-hydrogen) atoms. The van der Waals surface area contributed by atoms with Gasteiger partial charge in [0.25, 0.3) is 0 Å². The van der Waals surface area contributed by atoms with Gasteiger partial charge < -0.3 is 5.32 Å². The van der Waals surface area contributed by atoms with Crippen LogP contribution < -0.4 is 5.32 Å². The van der Waals surface area contributed by atoms with Crippen molar-refractivity contribution in [1.29, 1.82) is 0 Å². The predicted octanol–water partition coefficient (Wildman–Crippen LogP) is 3.46. The number of nitrogens with one attached hydrogen (secondary N) is 1. The highest BCUT2D eigenvalue weighted by Gasteiger charge is 2.19. The number of hydrogen-bond donors (Lipinski definition) is 1. The van der Waals surface area contributed by atoms with E-state index in [9.17, 15) is 0 Å². The Labute approximate surface area is 96.9 Å². The average molecular weight is 223 g/mol. The molecule has 0 amide bonds. The second-order valence-corrected chi connectivity index (χ2v) is 5.48. The van der Waals surface area contributed by atoms with E-state index in [1.807, 2.05) is 0 Å². The van der Waals surface area contributed by atoms with E-state index in [1.54, 1.807) is 11.3 Å². The Morgan fingerprint density at radius 2 is 2.27 bits per heavy atom. The van der Waals surface area contributed by atoms with Gasteiger partial charge in [-0.05, 0) is 54.1 Å². The SMILES string of the molecule is CC1CCCCC1NCCc1ccsc1. The molecule has 2 unspecified atom stereocenters. The largest absolute Gasteiger partial charge is 0.313 e. The van der Waals surface area contributed by atoms with E-state index in [2.05, 4.69) is 29.1 Å². The zero-order valence-corrected chi connectivity index (χ0v) is 10.4. The Bertz CT molecular complexity index is 268. The van der Waals surface area contributed by atoms with Gasteiger partial charge in [0, 0.05) is 6.04 Å². The number of rotatable bonds is 4. The zero-order chi connectivity index (χ0) is 10.5. The van der Waals surface area contributed by atoms with Crippen molar-refractivity contribution >= 4 is 11.3 Å². The molecule has 0 saturated heterocycles. The van der Waals surface area contributed by atoms with Crippen LogP contribution in [0.4, 0.5) is 0 Å². The van der Waals surface area contributed by atoms with E-state index in [-0.39, 0.29) is 0 Å². The van der Waals surface area contributed by atoms with Crippen molar-refractivity contribution in [1.82, 2.24) is 5.32 Å². The minimum Gasteiger partial charge on any atom is -0.313 e. The molecule has 1 aromatic rings. The Balaban J connectivity index is 1.68. The van der Waals surface area contributed by atoms with E-state index < -0.39 is 0 Å². The van der Waals surface area contributed by atoms with Gasteiger partial charge in [-0.15, -0.1) is 0 Å². The molecule has 0 bridgehead atoms. The van der Waals surface area contributed by atoms with Crippen LogP contribution in [-0.4, -0.2) is 12.6 Å². The van der Waals surface area contributed by atoms with E-state index in [4.69, 9.17) is 0 Å². The van der Waals surface area contributed by atoms with E-state index in [0.717, 1.165) is 18.5 Å². The molecule has 1 aliphatic rings. The fourth-order valence-corrected chi connectivity index (χ4v) is 3.16. The summed E-state index contributed by atoms with van der Waals surface area (Å²) in [5.41, 5.74) is 1.48. The van der Waals surface area contributed by atoms with Crippen molar-refractivity contribution in [3.05, 3.63) is 22.4 Å². The minimum absolute atomic E-state index is 0.775. The summed E-state index contributed by atoms with van der Waals surface area (Å²) in [6, 6.07) is 3.01. The summed E-state index contributed by atoms with van der Waals surface area (Å²) < 4.78 is 0. The first-order chi connectivity index (χ1) is 7.36. The summed E-state index contributed by atoms with van der Waals surface area (Å²) >= 11 is 1.80. The summed E-state index contributed by atoms with van der Waals surface area (Å²) in [6.45, 7) is 3.53.